The number of carbonyl (C=O) groups excluding carboxylic acids is 4. The fraction of sp³-hybridized carbons (Fsp3) is 0.333. The van der Waals surface area contributed by atoms with E-state index in [1.165, 1.54) is 35.2 Å². The van der Waals surface area contributed by atoms with Gasteiger partial charge in [0.1, 0.15) is 24.4 Å². The Labute approximate surface area is 303 Å². The summed E-state index contributed by atoms with van der Waals surface area (Å²) in [5.74, 6) is -4.12. The third-order valence-electron chi connectivity index (χ3n) is 9.09. The van der Waals surface area contributed by atoms with Gasteiger partial charge in [-0.1, -0.05) is 72.8 Å². The highest BCUT2D eigenvalue weighted by Gasteiger charge is 2.55. The highest BCUT2D eigenvalue weighted by atomic mass is 19.4. The molecule has 278 valence electrons. The lowest BCUT2D eigenvalue weighted by Crippen LogP contribution is -2.49. The number of aliphatic hydroxyl groups is 1. The van der Waals surface area contributed by atoms with Crippen molar-refractivity contribution in [1.82, 2.24) is 10.2 Å². The molecule has 1 aliphatic carbocycles. The minimum Gasteiger partial charge on any atom is -0.456 e. The number of hydrogen-bond acceptors (Lipinski definition) is 9. The number of benzene rings is 3. The van der Waals surface area contributed by atoms with Crippen LogP contribution in [0.25, 0.3) is 6.08 Å². The number of carbonyl (C=O) groups is 4. The van der Waals surface area contributed by atoms with E-state index in [9.17, 15) is 37.5 Å². The first-order chi connectivity index (χ1) is 25.5. The number of amides is 2. The number of likely N-dealkylation sites (tertiary alicyclic amines) is 1. The molecule has 0 bridgehead atoms. The number of halogens is 3. The van der Waals surface area contributed by atoms with Gasteiger partial charge in [-0.2, -0.15) is 13.2 Å². The van der Waals surface area contributed by atoms with Crippen LogP contribution in [0.15, 0.2) is 103 Å². The topological polar surface area (TPSA) is 141 Å². The van der Waals surface area contributed by atoms with E-state index in [0.29, 0.717) is 36.1 Å². The van der Waals surface area contributed by atoms with Crippen LogP contribution in [0.1, 0.15) is 46.3 Å². The Balaban J connectivity index is 1.27. The largest absolute Gasteiger partial charge is 0.456 e. The van der Waals surface area contributed by atoms with Crippen molar-refractivity contribution >= 4 is 29.8 Å². The SMILES string of the molecule is O=C(C=Cc1ccc(C(=O)O[C@@H]2CC(C(=O)N3CCC[C@@H]3C(=O)NCCO)=C[C@H]3OC(c4ccccc4)(c4ccccc4)O[C@H]32)cc1)OCC(F)(F)F. The number of alkyl halides is 3. The molecule has 53 heavy (non-hydrogen) atoms. The molecule has 2 saturated heterocycles. The molecule has 2 N–H and O–H groups in total. The monoisotopic (exact) mass is 734 g/mol. The van der Waals surface area contributed by atoms with Gasteiger partial charge in [-0.25, -0.2) is 9.59 Å². The van der Waals surface area contributed by atoms with Crippen molar-refractivity contribution in [1.29, 1.82) is 0 Å². The summed E-state index contributed by atoms with van der Waals surface area (Å²) in [6.45, 7) is -1.56. The summed E-state index contributed by atoms with van der Waals surface area (Å²) in [4.78, 5) is 53.8. The summed E-state index contributed by atoms with van der Waals surface area (Å²) in [6, 6.07) is 23.6. The highest BCUT2D eigenvalue weighted by molar-refractivity contribution is 5.98. The van der Waals surface area contributed by atoms with E-state index in [1.807, 2.05) is 60.7 Å². The molecule has 11 nitrogen and oxygen atoms in total. The number of nitrogens with one attached hydrogen (secondary N) is 1. The molecule has 0 aromatic heterocycles. The maximum absolute atomic E-state index is 14.1. The standard InChI is InChI=1S/C39H37F3N2O9/c40-38(41,42)24-50-33(46)18-15-25-13-16-26(17-14-25)37(49)51-31-22-27(36(48)44-20-7-12-30(44)35(47)43-19-21-45)23-32-34(31)53-39(52-32,28-8-3-1-4-9-28)29-10-5-2-6-11-29/h1-6,8-11,13-18,23,30-32,34,45H,7,12,19-22,24H2,(H,43,47)/t30-,31-,32-,34+/m1/s1. The molecule has 2 heterocycles. The second-order valence-corrected chi connectivity index (χ2v) is 12.7. The van der Waals surface area contributed by atoms with E-state index in [-0.39, 0.29) is 36.6 Å². The molecule has 0 saturated carbocycles. The van der Waals surface area contributed by atoms with Crippen molar-refractivity contribution in [2.75, 3.05) is 26.3 Å². The Morgan fingerprint density at radius 1 is 0.943 bits per heavy atom. The Kier molecular flexibility index (Phi) is 11.4. The first kappa shape index (κ1) is 37.4. The Bertz CT molecular complexity index is 1810. The van der Waals surface area contributed by atoms with E-state index >= 15 is 0 Å². The van der Waals surface area contributed by atoms with Crippen molar-refractivity contribution in [3.63, 3.8) is 0 Å². The van der Waals surface area contributed by atoms with Gasteiger partial charge in [0, 0.05) is 42.3 Å². The average molecular weight is 735 g/mol. The molecular formula is C39H37F3N2O9. The molecule has 0 radical (unpaired) electrons. The summed E-state index contributed by atoms with van der Waals surface area (Å²) in [7, 11) is 0. The van der Waals surface area contributed by atoms with Crippen LogP contribution < -0.4 is 5.32 Å². The van der Waals surface area contributed by atoms with Crippen LogP contribution in [0.4, 0.5) is 13.2 Å². The van der Waals surface area contributed by atoms with Crippen LogP contribution in [-0.4, -0.2) is 90.6 Å². The van der Waals surface area contributed by atoms with E-state index < -0.39 is 60.8 Å². The predicted octanol–water partition coefficient (Wildman–Crippen LogP) is 4.45. The summed E-state index contributed by atoms with van der Waals surface area (Å²) in [5, 5.41) is 11.8. The maximum atomic E-state index is 14.1. The van der Waals surface area contributed by atoms with Crippen LogP contribution in [0, 0.1) is 0 Å². The van der Waals surface area contributed by atoms with Crippen molar-refractivity contribution in [2.45, 2.75) is 55.6 Å². The van der Waals surface area contributed by atoms with Gasteiger partial charge >= 0.3 is 18.1 Å². The number of aliphatic hydroxyl groups excluding tert-OH is 1. The van der Waals surface area contributed by atoms with Crippen LogP contribution in [0.2, 0.25) is 0 Å². The molecule has 3 aliphatic rings. The molecule has 3 aromatic carbocycles. The molecule has 0 spiro atoms. The van der Waals surface area contributed by atoms with Crippen molar-refractivity contribution in [3.05, 3.63) is 125 Å². The highest BCUT2D eigenvalue weighted by Crippen LogP contribution is 2.47. The van der Waals surface area contributed by atoms with Crippen molar-refractivity contribution in [3.8, 4) is 0 Å². The van der Waals surface area contributed by atoms with Gasteiger partial charge in [0.05, 0.1) is 12.2 Å². The summed E-state index contributed by atoms with van der Waals surface area (Å²) < 4.78 is 60.8. The molecule has 2 amide bonds. The lowest BCUT2D eigenvalue weighted by Gasteiger charge is -2.33. The average Bonchev–Trinajstić information content (AvgIpc) is 3.82. The predicted molar refractivity (Wildman–Crippen MR) is 183 cm³/mol. The smallest absolute Gasteiger partial charge is 0.422 e. The lowest BCUT2D eigenvalue weighted by atomic mass is 9.91. The van der Waals surface area contributed by atoms with E-state index in [0.717, 1.165) is 6.08 Å². The van der Waals surface area contributed by atoms with Gasteiger partial charge in [0.2, 0.25) is 17.6 Å². The normalized spacial score (nSPS) is 22.2. The maximum Gasteiger partial charge on any atom is 0.422 e. The zero-order valence-electron chi connectivity index (χ0n) is 28.4. The zero-order valence-corrected chi connectivity index (χ0v) is 28.4. The fourth-order valence-electron chi connectivity index (χ4n) is 6.65. The molecule has 4 atom stereocenters. The molecular weight excluding hydrogens is 697 g/mol. The van der Waals surface area contributed by atoms with E-state index in [4.69, 9.17) is 14.2 Å². The van der Waals surface area contributed by atoms with Gasteiger partial charge in [-0.05, 0) is 42.7 Å². The number of esters is 2. The molecule has 2 aliphatic heterocycles. The molecule has 0 unspecified atom stereocenters. The summed E-state index contributed by atoms with van der Waals surface area (Å²) in [6.07, 6.45) is -2.61. The van der Waals surface area contributed by atoms with E-state index in [1.54, 1.807) is 6.08 Å². The molecule has 6 rings (SSSR count). The zero-order chi connectivity index (χ0) is 37.6. The minimum atomic E-state index is -4.65. The minimum absolute atomic E-state index is 0.0445. The third-order valence-corrected chi connectivity index (χ3v) is 9.09. The van der Waals surface area contributed by atoms with E-state index in [2.05, 4.69) is 10.1 Å². The molecule has 2 fully saturated rings. The lowest BCUT2D eigenvalue weighted by molar-refractivity contribution is -0.182. The third kappa shape index (κ3) is 8.67. The summed E-state index contributed by atoms with van der Waals surface area (Å²) in [5.41, 5.74) is 2.17. The second kappa shape index (κ2) is 16.1. The second-order valence-electron chi connectivity index (χ2n) is 12.7. The summed E-state index contributed by atoms with van der Waals surface area (Å²) >= 11 is 0. The quantitative estimate of drug-likeness (QED) is 0.216. The number of rotatable bonds is 11. The fourth-order valence-corrected chi connectivity index (χ4v) is 6.65. The van der Waals surface area contributed by atoms with Gasteiger partial charge in [-0.15, -0.1) is 0 Å². The van der Waals surface area contributed by atoms with Gasteiger partial charge < -0.3 is 34.3 Å². The number of ether oxygens (including phenoxy) is 4. The number of fused-ring (bicyclic) bond motifs is 1. The molecule has 3 aromatic rings. The Hall–Kier alpha value is -5.31. The van der Waals surface area contributed by atoms with Crippen molar-refractivity contribution in [2.24, 2.45) is 0 Å². The first-order valence-electron chi connectivity index (χ1n) is 17.1. The van der Waals surface area contributed by atoms with Gasteiger partial charge in [0.15, 0.2) is 6.61 Å². The van der Waals surface area contributed by atoms with Gasteiger partial charge in [0.25, 0.3) is 0 Å². The Morgan fingerprint density at radius 3 is 2.23 bits per heavy atom. The Morgan fingerprint density at radius 2 is 1.60 bits per heavy atom. The molecule has 14 heteroatoms. The van der Waals surface area contributed by atoms with Crippen LogP contribution in [-0.2, 0) is 39.1 Å². The van der Waals surface area contributed by atoms with Gasteiger partial charge in [-0.3, -0.25) is 9.59 Å². The van der Waals surface area contributed by atoms with Crippen LogP contribution in [0.5, 0.6) is 0 Å². The van der Waals surface area contributed by atoms with Crippen LogP contribution in [0.3, 0.4) is 0 Å². The first-order valence-corrected chi connectivity index (χ1v) is 17.1. The number of hydrogen-bond donors (Lipinski definition) is 2. The van der Waals surface area contributed by atoms with Crippen LogP contribution >= 0.6 is 0 Å². The number of nitrogens with zero attached hydrogens (tertiary/aromatic N) is 1. The van der Waals surface area contributed by atoms with Crippen molar-refractivity contribution < 1.29 is 56.4 Å².